The SMILES string of the molecule is CCOc1ccc(OCC)c2c1NC(C)(C)CC2C. The van der Waals surface area contributed by atoms with Crippen LogP contribution in [-0.4, -0.2) is 18.8 Å². The third kappa shape index (κ3) is 2.80. The quantitative estimate of drug-likeness (QED) is 0.884. The molecule has 1 aliphatic heterocycles. The van der Waals surface area contributed by atoms with Crippen molar-refractivity contribution in [1.82, 2.24) is 0 Å². The molecule has 0 bridgehead atoms. The highest BCUT2D eigenvalue weighted by Gasteiger charge is 2.33. The minimum Gasteiger partial charge on any atom is -0.494 e. The van der Waals surface area contributed by atoms with Crippen LogP contribution in [0.3, 0.4) is 0 Å². The van der Waals surface area contributed by atoms with E-state index in [9.17, 15) is 0 Å². The average molecular weight is 263 g/mol. The molecule has 0 saturated heterocycles. The predicted molar refractivity (Wildman–Crippen MR) is 79.5 cm³/mol. The molecule has 0 amide bonds. The van der Waals surface area contributed by atoms with Crippen molar-refractivity contribution in [2.45, 2.75) is 52.5 Å². The number of fused-ring (bicyclic) bond motifs is 1. The molecule has 0 aliphatic carbocycles. The van der Waals surface area contributed by atoms with Crippen LogP contribution in [0, 0.1) is 0 Å². The highest BCUT2D eigenvalue weighted by atomic mass is 16.5. The van der Waals surface area contributed by atoms with Crippen LogP contribution in [0.1, 0.15) is 52.5 Å². The average Bonchev–Trinajstić information content (AvgIpc) is 2.31. The zero-order chi connectivity index (χ0) is 14.0. The molecule has 2 rings (SSSR count). The fourth-order valence-corrected chi connectivity index (χ4v) is 3.01. The van der Waals surface area contributed by atoms with Gasteiger partial charge >= 0.3 is 0 Å². The van der Waals surface area contributed by atoms with Gasteiger partial charge in [0, 0.05) is 11.1 Å². The number of nitrogens with one attached hydrogen (secondary N) is 1. The van der Waals surface area contributed by atoms with E-state index < -0.39 is 0 Å². The van der Waals surface area contributed by atoms with E-state index in [1.54, 1.807) is 0 Å². The second-order valence-corrected chi connectivity index (χ2v) is 5.83. The molecular weight excluding hydrogens is 238 g/mol. The molecular formula is C16H25NO2. The Morgan fingerprint density at radius 3 is 2.37 bits per heavy atom. The van der Waals surface area contributed by atoms with Gasteiger partial charge in [-0.1, -0.05) is 6.92 Å². The lowest BCUT2D eigenvalue weighted by atomic mass is 9.81. The number of anilines is 1. The van der Waals surface area contributed by atoms with Crippen molar-refractivity contribution in [3.8, 4) is 11.5 Å². The molecule has 1 aromatic carbocycles. The molecule has 0 fully saturated rings. The van der Waals surface area contributed by atoms with E-state index in [0.29, 0.717) is 19.1 Å². The minimum atomic E-state index is 0.0864. The maximum absolute atomic E-state index is 5.78. The summed E-state index contributed by atoms with van der Waals surface area (Å²) in [5.41, 5.74) is 2.45. The first kappa shape index (κ1) is 14.0. The monoisotopic (exact) mass is 263 g/mol. The fraction of sp³-hybridized carbons (Fsp3) is 0.625. The molecule has 0 radical (unpaired) electrons. The lowest BCUT2D eigenvalue weighted by Gasteiger charge is -2.39. The van der Waals surface area contributed by atoms with Gasteiger partial charge in [0.2, 0.25) is 0 Å². The van der Waals surface area contributed by atoms with Gasteiger partial charge in [0.25, 0.3) is 0 Å². The summed E-state index contributed by atoms with van der Waals surface area (Å²) in [6, 6.07) is 4.04. The van der Waals surface area contributed by atoms with E-state index in [2.05, 4.69) is 26.1 Å². The Kier molecular flexibility index (Phi) is 3.93. The van der Waals surface area contributed by atoms with Crippen LogP contribution in [-0.2, 0) is 0 Å². The van der Waals surface area contributed by atoms with Crippen LogP contribution in [0.15, 0.2) is 12.1 Å². The second-order valence-electron chi connectivity index (χ2n) is 5.83. The van der Waals surface area contributed by atoms with Crippen molar-refractivity contribution >= 4 is 5.69 Å². The smallest absolute Gasteiger partial charge is 0.142 e. The summed E-state index contributed by atoms with van der Waals surface area (Å²) in [6.07, 6.45) is 1.09. The normalized spacial score (nSPS) is 20.4. The molecule has 1 N–H and O–H groups in total. The van der Waals surface area contributed by atoms with Crippen molar-refractivity contribution < 1.29 is 9.47 Å². The highest BCUT2D eigenvalue weighted by Crippen LogP contribution is 2.47. The van der Waals surface area contributed by atoms with Gasteiger partial charge in [-0.05, 0) is 52.2 Å². The number of hydrogen-bond donors (Lipinski definition) is 1. The molecule has 1 unspecified atom stereocenters. The van der Waals surface area contributed by atoms with Gasteiger partial charge in [0.05, 0.1) is 18.9 Å². The predicted octanol–water partition coefficient (Wildman–Crippen LogP) is 4.18. The summed E-state index contributed by atoms with van der Waals surface area (Å²) >= 11 is 0. The van der Waals surface area contributed by atoms with Crippen LogP contribution < -0.4 is 14.8 Å². The van der Waals surface area contributed by atoms with E-state index in [4.69, 9.17) is 9.47 Å². The highest BCUT2D eigenvalue weighted by molar-refractivity contribution is 5.70. The van der Waals surface area contributed by atoms with E-state index in [-0.39, 0.29) is 5.54 Å². The zero-order valence-corrected chi connectivity index (χ0v) is 12.7. The topological polar surface area (TPSA) is 30.5 Å². The van der Waals surface area contributed by atoms with Gasteiger partial charge in [-0.3, -0.25) is 0 Å². The summed E-state index contributed by atoms with van der Waals surface area (Å²) < 4.78 is 11.5. The van der Waals surface area contributed by atoms with E-state index in [1.165, 1.54) is 5.56 Å². The lowest BCUT2D eigenvalue weighted by molar-refractivity contribution is 0.319. The first-order valence-electron chi connectivity index (χ1n) is 7.19. The van der Waals surface area contributed by atoms with Gasteiger partial charge in [0.1, 0.15) is 11.5 Å². The molecule has 0 spiro atoms. The summed E-state index contributed by atoms with van der Waals surface area (Å²) in [7, 11) is 0. The second kappa shape index (κ2) is 5.32. The van der Waals surface area contributed by atoms with Crippen LogP contribution in [0.5, 0.6) is 11.5 Å². The molecule has 19 heavy (non-hydrogen) atoms. The Hall–Kier alpha value is -1.38. The molecule has 106 valence electrons. The van der Waals surface area contributed by atoms with Crippen LogP contribution in [0.2, 0.25) is 0 Å². The Balaban J connectivity index is 2.52. The number of hydrogen-bond acceptors (Lipinski definition) is 3. The molecule has 1 heterocycles. The van der Waals surface area contributed by atoms with Gasteiger partial charge in [-0.2, -0.15) is 0 Å². The van der Waals surface area contributed by atoms with Gasteiger partial charge in [-0.15, -0.1) is 0 Å². The maximum Gasteiger partial charge on any atom is 0.142 e. The lowest BCUT2D eigenvalue weighted by Crippen LogP contribution is -2.37. The van der Waals surface area contributed by atoms with E-state index >= 15 is 0 Å². The Labute approximate surface area is 116 Å². The van der Waals surface area contributed by atoms with E-state index in [1.807, 2.05) is 26.0 Å². The summed E-state index contributed by atoms with van der Waals surface area (Å²) in [6.45, 7) is 12.1. The first-order chi connectivity index (χ1) is 8.98. The van der Waals surface area contributed by atoms with Gasteiger partial charge < -0.3 is 14.8 Å². The zero-order valence-electron chi connectivity index (χ0n) is 12.7. The number of ether oxygens (including phenoxy) is 2. The van der Waals surface area contributed by atoms with Crippen molar-refractivity contribution in [1.29, 1.82) is 0 Å². The van der Waals surface area contributed by atoms with Crippen molar-refractivity contribution in [3.63, 3.8) is 0 Å². The summed E-state index contributed by atoms with van der Waals surface area (Å²) in [5, 5.41) is 3.61. The van der Waals surface area contributed by atoms with Crippen molar-refractivity contribution in [3.05, 3.63) is 17.7 Å². The number of rotatable bonds is 4. The largest absolute Gasteiger partial charge is 0.494 e. The van der Waals surface area contributed by atoms with Gasteiger partial charge in [-0.25, -0.2) is 0 Å². The first-order valence-corrected chi connectivity index (χ1v) is 7.19. The Morgan fingerprint density at radius 1 is 1.16 bits per heavy atom. The Morgan fingerprint density at radius 2 is 1.74 bits per heavy atom. The third-order valence-corrected chi connectivity index (χ3v) is 3.54. The van der Waals surface area contributed by atoms with E-state index in [0.717, 1.165) is 23.6 Å². The molecule has 1 atom stereocenters. The minimum absolute atomic E-state index is 0.0864. The molecule has 1 aliphatic rings. The molecule has 0 saturated carbocycles. The maximum atomic E-state index is 5.78. The van der Waals surface area contributed by atoms with Crippen molar-refractivity contribution in [2.24, 2.45) is 0 Å². The van der Waals surface area contributed by atoms with Crippen molar-refractivity contribution in [2.75, 3.05) is 18.5 Å². The molecule has 1 aromatic rings. The summed E-state index contributed by atoms with van der Waals surface area (Å²) in [5.74, 6) is 2.38. The number of benzene rings is 1. The molecule has 0 aromatic heterocycles. The van der Waals surface area contributed by atoms with Crippen LogP contribution in [0.25, 0.3) is 0 Å². The van der Waals surface area contributed by atoms with Crippen LogP contribution in [0.4, 0.5) is 5.69 Å². The van der Waals surface area contributed by atoms with Crippen LogP contribution >= 0.6 is 0 Å². The third-order valence-electron chi connectivity index (χ3n) is 3.54. The standard InChI is InChI=1S/C16H25NO2/c1-6-18-12-8-9-13(19-7-2)15-14(12)11(3)10-16(4,5)17-15/h8-9,11,17H,6-7,10H2,1-5H3. The molecule has 3 heteroatoms. The summed E-state index contributed by atoms with van der Waals surface area (Å²) in [4.78, 5) is 0. The van der Waals surface area contributed by atoms with Gasteiger partial charge in [0.15, 0.2) is 0 Å². The fourth-order valence-electron chi connectivity index (χ4n) is 3.01. The Bertz CT molecular complexity index is 454. The molecule has 3 nitrogen and oxygen atoms in total.